The van der Waals surface area contributed by atoms with Crippen molar-refractivity contribution in [3.63, 3.8) is 0 Å². The molecule has 1 aliphatic rings. The van der Waals surface area contributed by atoms with E-state index in [0.29, 0.717) is 0 Å². The molecule has 1 fully saturated rings. The molecule has 2 N–H and O–H groups in total. The first-order chi connectivity index (χ1) is 7.33. The van der Waals surface area contributed by atoms with Crippen LogP contribution in [0.5, 0.6) is 0 Å². The molecule has 2 aromatic rings. The van der Waals surface area contributed by atoms with Gasteiger partial charge in [0.2, 0.25) is 5.95 Å². The zero-order chi connectivity index (χ0) is 10.3. The zero-order valence-electron chi connectivity index (χ0n) is 8.83. The van der Waals surface area contributed by atoms with E-state index >= 15 is 0 Å². The SMILES string of the molecule is CC1CC1CNc1nc2ccccc2[nH]1. The number of fused-ring (bicyclic) bond motifs is 1. The van der Waals surface area contributed by atoms with Crippen molar-refractivity contribution >= 4 is 17.0 Å². The number of anilines is 1. The third kappa shape index (κ3) is 1.69. The van der Waals surface area contributed by atoms with Crippen LogP contribution in [0.1, 0.15) is 13.3 Å². The molecule has 0 amide bonds. The highest BCUT2D eigenvalue weighted by molar-refractivity contribution is 5.77. The van der Waals surface area contributed by atoms with Gasteiger partial charge in [-0.1, -0.05) is 19.1 Å². The van der Waals surface area contributed by atoms with E-state index in [0.717, 1.165) is 35.4 Å². The summed E-state index contributed by atoms with van der Waals surface area (Å²) in [5.41, 5.74) is 2.13. The molecule has 0 bridgehead atoms. The van der Waals surface area contributed by atoms with E-state index in [9.17, 15) is 0 Å². The van der Waals surface area contributed by atoms with Gasteiger partial charge in [-0.3, -0.25) is 0 Å². The first kappa shape index (κ1) is 8.77. The van der Waals surface area contributed by atoms with Crippen molar-refractivity contribution in [3.05, 3.63) is 24.3 Å². The van der Waals surface area contributed by atoms with Crippen LogP contribution in [0.2, 0.25) is 0 Å². The molecule has 2 unspecified atom stereocenters. The van der Waals surface area contributed by atoms with E-state index in [1.165, 1.54) is 6.42 Å². The third-order valence-corrected chi connectivity index (χ3v) is 3.20. The van der Waals surface area contributed by atoms with Crippen molar-refractivity contribution < 1.29 is 0 Å². The molecule has 0 aliphatic heterocycles. The Hall–Kier alpha value is -1.51. The number of rotatable bonds is 3. The minimum absolute atomic E-state index is 0.846. The predicted molar refractivity (Wildman–Crippen MR) is 61.9 cm³/mol. The number of nitrogens with one attached hydrogen (secondary N) is 2. The number of hydrogen-bond donors (Lipinski definition) is 2. The van der Waals surface area contributed by atoms with Crippen LogP contribution in [0, 0.1) is 11.8 Å². The quantitative estimate of drug-likeness (QED) is 0.801. The lowest BCUT2D eigenvalue weighted by atomic mass is 10.3. The molecule has 3 rings (SSSR count). The molecule has 15 heavy (non-hydrogen) atoms. The average molecular weight is 201 g/mol. The molecule has 1 aliphatic carbocycles. The molecule has 3 nitrogen and oxygen atoms in total. The smallest absolute Gasteiger partial charge is 0.201 e. The van der Waals surface area contributed by atoms with Crippen molar-refractivity contribution in [2.24, 2.45) is 11.8 Å². The normalized spacial score (nSPS) is 24.3. The summed E-state index contributed by atoms with van der Waals surface area (Å²) >= 11 is 0. The molecule has 78 valence electrons. The van der Waals surface area contributed by atoms with Crippen LogP contribution >= 0.6 is 0 Å². The van der Waals surface area contributed by atoms with Gasteiger partial charge in [0, 0.05) is 6.54 Å². The molecule has 1 aromatic carbocycles. The molecule has 2 atom stereocenters. The molecule has 1 heterocycles. The summed E-state index contributed by atoms with van der Waals surface area (Å²) in [5, 5.41) is 3.36. The van der Waals surface area contributed by atoms with Gasteiger partial charge in [0.1, 0.15) is 0 Å². The Balaban J connectivity index is 1.74. The van der Waals surface area contributed by atoms with Crippen molar-refractivity contribution in [1.29, 1.82) is 0 Å². The fraction of sp³-hybridized carbons (Fsp3) is 0.417. The molecular weight excluding hydrogens is 186 g/mol. The van der Waals surface area contributed by atoms with Gasteiger partial charge in [-0.2, -0.15) is 0 Å². The van der Waals surface area contributed by atoms with Gasteiger partial charge < -0.3 is 10.3 Å². The van der Waals surface area contributed by atoms with Crippen molar-refractivity contribution in [2.45, 2.75) is 13.3 Å². The van der Waals surface area contributed by atoms with E-state index < -0.39 is 0 Å². The number of aromatic amines is 1. The second kappa shape index (κ2) is 3.26. The lowest BCUT2D eigenvalue weighted by Crippen LogP contribution is -2.05. The molecule has 0 saturated heterocycles. The van der Waals surface area contributed by atoms with Crippen LogP contribution in [0.4, 0.5) is 5.95 Å². The van der Waals surface area contributed by atoms with Crippen LogP contribution in [0.25, 0.3) is 11.0 Å². The summed E-state index contributed by atoms with van der Waals surface area (Å²) in [5.74, 6) is 2.63. The molecule has 1 aromatic heterocycles. The first-order valence-corrected chi connectivity index (χ1v) is 5.51. The first-order valence-electron chi connectivity index (χ1n) is 5.51. The van der Waals surface area contributed by atoms with Gasteiger partial charge in [0.15, 0.2) is 0 Å². The van der Waals surface area contributed by atoms with Crippen molar-refractivity contribution in [1.82, 2.24) is 9.97 Å². The van der Waals surface area contributed by atoms with Gasteiger partial charge in [-0.25, -0.2) is 4.98 Å². The highest BCUT2D eigenvalue weighted by Crippen LogP contribution is 2.37. The van der Waals surface area contributed by atoms with Crippen LogP contribution < -0.4 is 5.32 Å². The number of para-hydroxylation sites is 2. The number of nitrogens with zero attached hydrogens (tertiary/aromatic N) is 1. The number of benzene rings is 1. The van der Waals surface area contributed by atoms with Gasteiger partial charge in [-0.15, -0.1) is 0 Å². The number of H-pyrrole nitrogens is 1. The monoisotopic (exact) mass is 201 g/mol. The minimum Gasteiger partial charge on any atom is -0.356 e. The zero-order valence-corrected chi connectivity index (χ0v) is 8.83. The maximum atomic E-state index is 4.47. The lowest BCUT2D eigenvalue weighted by molar-refractivity contribution is 0.783. The topological polar surface area (TPSA) is 40.7 Å². The Morgan fingerprint density at radius 2 is 2.27 bits per heavy atom. The molecule has 0 spiro atoms. The summed E-state index contributed by atoms with van der Waals surface area (Å²) in [6.07, 6.45) is 1.35. The van der Waals surface area contributed by atoms with Crippen molar-refractivity contribution in [3.8, 4) is 0 Å². The summed E-state index contributed by atoms with van der Waals surface area (Å²) in [7, 11) is 0. The average Bonchev–Trinajstić information content (AvgIpc) is 2.79. The van der Waals surface area contributed by atoms with Gasteiger partial charge in [0.05, 0.1) is 11.0 Å². The summed E-state index contributed by atoms with van der Waals surface area (Å²) in [4.78, 5) is 7.74. The second-order valence-electron chi connectivity index (χ2n) is 4.46. The molecular formula is C12H15N3. The highest BCUT2D eigenvalue weighted by atomic mass is 15.1. The largest absolute Gasteiger partial charge is 0.356 e. The van der Waals surface area contributed by atoms with Crippen molar-refractivity contribution in [2.75, 3.05) is 11.9 Å². The van der Waals surface area contributed by atoms with E-state index in [1.807, 2.05) is 24.3 Å². The maximum absolute atomic E-state index is 4.47. The van der Waals surface area contributed by atoms with Crippen LogP contribution in [0.3, 0.4) is 0 Å². The number of aromatic nitrogens is 2. The van der Waals surface area contributed by atoms with E-state index in [2.05, 4.69) is 22.2 Å². The summed E-state index contributed by atoms with van der Waals surface area (Å²) in [6, 6.07) is 8.10. The third-order valence-electron chi connectivity index (χ3n) is 3.20. The van der Waals surface area contributed by atoms with E-state index in [4.69, 9.17) is 0 Å². The van der Waals surface area contributed by atoms with Crippen LogP contribution in [0.15, 0.2) is 24.3 Å². The fourth-order valence-corrected chi connectivity index (χ4v) is 1.95. The Morgan fingerprint density at radius 1 is 1.47 bits per heavy atom. The van der Waals surface area contributed by atoms with Gasteiger partial charge >= 0.3 is 0 Å². The van der Waals surface area contributed by atoms with E-state index in [1.54, 1.807) is 0 Å². The molecule has 0 radical (unpaired) electrons. The predicted octanol–water partition coefficient (Wildman–Crippen LogP) is 2.63. The minimum atomic E-state index is 0.846. The number of imidazole rings is 1. The standard InChI is InChI=1S/C12H15N3/c1-8-6-9(8)7-13-12-14-10-4-2-3-5-11(10)15-12/h2-5,8-9H,6-7H2,1H3,(H2,13,14,15). The molecule has 3 heteroatoms. The van der Waals surface area contributed by atoms with Crippen LogP contribution in [-0.2, 0) is 0 Å². The Labute approximate surface area is 88.9 Å². The Bertz CT molecular complexity index is 441. The maximum Gasteiger partial charge on any atom is 0.201 e. The van der Waals surface area contributed by atoms with Gasteiger partial charge in [-0.05, 0) is 30.4 Å². The second-order valence-corrected chi connectivity index (χ2v) is 4.46. The molecule has 1 saturated carbocycles. The fourth-order valence-electron chi connectivity index (χ4n) is 1.95. The van der Waals surface area contributed by atoms with Gasteiger partial charge in [0.25, 0.3) is 0 Å². The van der Waals surface area contributed by atoms with E-state index in [-0.39, 0.29) is 0 Å². The lowest BCUT2D eigenvalue weighted by Gasteiger charge is -1.99. The Morgan fingerprint density at radius 3 is 3.00 bits per heavy atom. The highest BCUT2D eigenvalue weighted by Gasteiger charge is 2.31. The summed E-state index contributed by atoms with van der Waals surface area (Å²) in [6.45, 7) is 3.34. The summed E-state index contributed by atoms with van der Waals surface area (Å²) < 4.78 is 0. The van der Waals surface area contributed by atoms with Crippen LogP contribution in [-0.4, -0.2) is 16.5 Å². The number of hydrogen-bond acceptors (Lipinski definition) is 2. The Kier molecular flexibility index (Phi) is 1.91.